The number of nitrogens with zero attached hydrogens (tertiary/aromatic N) is 1. The van der Waals surface area contributed by atoms with Crippen molar-refractivity contribution < 1.29 is 8.81 Å². The number of hydrogen-bond acceptors (Lipinski definition) is 3. The van der Waals surface area contributed by atoms with Crippen LogP contribution in [0.2, 0.25) is 0 Å². The van der Waals surface area contributed by atoms with E-state index in [4.69, 9.17) is 4.42 Å². The summed E-state index contributed by atoms with van der Waals surface area (Å²) < 4.78 is 19.3. The lowest BCUT2D eigenvalue weighted by Gasteiger charge is -2.04. The zero-order chi connectivity index (χ0) is 13.1. The summed E-state index contributed by atoms with van der Waals surface area (Å²) in [5.74, 6) is 0.107. The van der Waals surface area contributed by atoms with Crippen LogP contribution in [-0.4, -0.2) is 11.0 Å². The zero-order valence-corrected chi connectivity index (χ0v) is 11.8. The maximum Gasteiger partial charge on any atom is 0.227 e. The summed E-state index contributed by atoms with van der Waals surface area (Å²) in [4.78, 5) is 4.33. The van der Waals surface area contributed by atoms with Gasteiger partial charge in [0.15, 0.2) is 0 Å². The first-order chi connectivity index (χ1) is 8.56. The Morgan fingerprint density at radius 2 is 2.22 bits per heavy atom. The Morgan fingerprint density at radius 3 is 2.94 bits per heavy atom. The molecule has 0 saturated heterocycles. The molecule has 0 saturated carbocycles. The third-order valence-corrected chi connectivity index (χ3v) is 3.09. The lowest BCUT2D eigenvalue weighted by atomic mass is 10.2. The van der Waals surface area contributed by atoms with Gasteiger partial charge in [-0.1, -0.05) is 13.8 Å². The van der Waals surface area contributed by atoms with Crippen LogP contribution in [-0.2, 0) is 6.54 Å². The average Bonchev–Trinajstić information content (AvgIpc) is 2.78. The second kappa shape index (κ2) is 5.63. The van der Waals surface area contributed by atoms with Crippen molar-refractivity contribution in [2.75, 3.05) is 0 Å². The van der Waals surface area contributed by atoms with Gasteiger partial charge in [0, 0.05) is 17.1 Å². The van der Waals surface area contributed by atoms with Crippen molar-refractivity contribution in [1.29, 1.82) is 0 Å². The highest BCUT2D eigenvalue weighted by Gasteiger charge is 2.11. The number of oxazole rings is 1. The summed E-state index contributed by atoms with van der Waals surface area (Å²) in [6.45, 7) is 4.75. The Bertz CT molecular complexity index is 540. The predicted molar refractivity (Wildman–Crippen MR) is 71.6 cm³/mol. The largest absolute Gasteiger partial charge is 0.444 e. The Kier molecular flexibility index (Phi) is 4.14. The minimum absolute atomic E-state index is 0.312. The Hall–Kier alpha value is -1.20. The van der Waals surface area contributed by atoms with Gasteiger partial charge in [0.1, 0.15) is 12.1 Å². The molecule has 2 rings (SSSR count). The summed E-state index contributed by atoms with van der Waals surface area (Å²) in [7, 11) is 0. The van der Waals surface area contributed by atoms with Crippen LogP contribution >= 0.6 is 15.9 Å². The summed E-state index contributed by atoms with van der Waals surface area (Å²) in [5.41, 5.74) is 1.42. The van der Waals surface area contributed by atoms with E-state index in [0.29, 0.717) is 24.0 Å². The van der Waals surface area contributed by atoms with Crippen LogP contribution in [0.5, 0.6) is 0 Å². The van der Waals surface area contributed by atoms with Crippen LogP contribution < -0.4 is 5.32 Å². The molecule has 96 valence electrons. The zero-order valence-electron chi connectivity index (χ0n) is 10.2. The van der Waals surface area contributed by atoms with E-state index in [2.05, 4.69) is 40.1 Å². The highest BCUT2D eigenvalue weighted by atomic mass is 79.9. The van der Waals surface area contributed by atoms with Crippen molar-refractivity contribution in [3.05, 3.63) is 40.4 Å². The molecule has 0 spiro atoms. The predicted octanol–water partition coefficient (Wildman–Crippen LogP) is 3.74. The fourth-order valence-corrected chi connectivity index (χ4v) is 1.90. The summed E-state index contributed by atoms with van der Waals surface area (Å²) >= 11 is 3.36. The van der Waals surface area contributed by atoms with Gasteiger partial charge in [0.05, 0.1) is 11.3 Å². The van der Waals surface area contributed by atoms with Crippen molar-refractivity contribution in [2.45, 2.75) is 26.4 Å². The molecule has 5 heteroatoms. The quantitative estimate of drug-likeness (QED) is 0.934. The minimum atomic E-state index is -0.312. The number of hydrogen-bond donors (Lipinski definition) is 1. The molecule has 18 heavy (non-hydrogen) atoms. The van der Waals surface area contributed by atoms with E-state index < -0.39 is 0 Å². The summed E-state index contributed by atoms with van der Waals surface area (Å²) in [6, 6.07) is 4.81. The van der Waals surface area contributed by atoms with Crippen molar-refractivity contribution in [1.82, 2.24) is 10.3 Å². The average molecular weight is 313 g/mol. The van der Waals surface area contributed by atoms with Gasteiger partial charge in [0.25, 0.3) is 0 Å². The Morgan fingerprint density at radius 1 is 1.44 bits per heavy atom. The summed E-state index contributed by atoms with van der Waals surface area (Å²) in [6.07, 6.45) is 1.59. The third-order valence-electron chi connectivity index (χ3n) is 2.40. The van der Waals surface area contributed by atoms with E-state index in [0.717, 1.165) is 10.2 Å². The Labute approximate surface area is 114 Å². The maximum atomic E-state index is 13.2. The highest BCUT2D eigenvalue weighted by molar-refractivity contribution is 9.10. The monoisotopic (exact) mass is 312 g/mol. The lowest BCUT2D eigenvalue weighted by molar-refractivity contribution is 0.559. The minimum Gasteiger partial charge on any atom is -0.444 e. The van der Waals surface area contributed by atoms with Crippen LogP contribution in [0.25, 0.3) is 11.5 Å². The molecular weight excluding hydrogens is 299 g/mol. The standard InChI is InChI=1S/C13H14BrFN2O/c1-8(2)16-6-10-7-18-13(17-10)11-5-9(15)3-4-12(11)14/h3-5,7-8,16H,6H2,1-2H3. The molecule has 1 aromatic heterocycles. The van der Waals surface area contributed by atoms with Gasteiger partial charge in [0.2, 0.25) is 5.89 Å². The van der Waals surface area contributed by atoms with E-state index >= 15 is 0 Å². The van der Waals surface area contributed by atoms with Crippen LogP contribution in [0.15, 0.2) is 33.4 Å². The molecule has 0 aliphatic rings. The molecule has 0 radical (unpaired) electrons. The van der Waals surface area contributed by atoms with Crippen LogP contribution in [0.1, 0.15) is 19.5 Å². The second-order valence-electron chi connectivity index (χ2n) is 4.30. The van der Waals surface area contributed by atoms with Crippen LogP contribution in [0.4, 0.5) is 4.39 Å². The topological polar surface area (TPSA) is 38.1 Å². The first-order valence-electron chi connectivity index (χ1n) is 5.69. The van der Waals surface area contributed by atoms with Crippen molar-refractivity contribution >= 4 is 15.9 Å². The molecule has 1 aromatic carbocycles. The lowest BCUT2D eigenvalue weighted by Crippen LogP contribution is -2.21. The molecule has 3 nitrogen and oxygen atoms in total. The van der Waals surface area contributed by atoms with Gasteiger partial charge < -0.3 is 9.73 Å². The van der Waals surface area contributed by atoms with E-state index in [-0.39, 0.29) is 5.82 Å². The Balaban J connectivity index is 2.21. The van der Waals surface area contributed by atoms with Gasteiger partial charge in [-0.2, -0.15) is 0 Å². The molecule has 0 bridgehead atoms. The van der Waals surface area contributed by atoms with Crippen molar-refractivity contribution in [3.63, 3.8) is 0 Å². The van der Waals surface area contributed by atoms with Crippen LogP contribution in [0, 0.1) is 5.82 Å². The molecule has 1 N–H and O–H groups in total. The SMILES string of the molecule is CC(C)NCc1coc(-c2cc(F)ccc2Br)n1. The third kappa shape index (κ3) is 3.17. The van der Waals surface area contributed by atoms with Gasteiger partial charge in [-0.3, -0.25) is 0 Å². The van der Waals surface area contributed by atoms with Crippen molar-refractivity contribution in [3.8, 4) is 11.5 Å². The van der Waals surface area contributed by atoms with Gasteiger partial charge >= 0.3 is 0 Å². The van der Waals surface area contributed by atoms with E-state index in [1.807, 2.05) is 0 Å². The van der Waals surface area contributed by atoms with Gasteiger partial charge in [-0.15, -0.1) is 0 Å². The molecular formula is C13H14BrFN2O. The van der Waals surface area contributed by atoms with Gasteiger partial charge in [-0.05, 0) is 34.1 Å². The van der Waals surface area contributed by atoms with E-state index in [1.54, 1.807) is 12.3 Å². The van der Waals surface area contributed by atoms with E-state index in [1.165, 1.54) is 12.1 Å². The fourth-order valence-electron chi connectivity index (χ4n) is 1.48. The number of halogens is 2. The molecule has 0 aliphatic heterocycles. The molecule has 1 heterocycles. The normalized spacial score (nSPS) is 11.2. The van der Waals surface area contributed by atoms with E-state index in [9.17, 15) is 4.39 Å². The molecule has 0 aliphatic carbocycles. The maximum absolute atomic E-state index is 13.2. The van der Waals surface area contributed by atoms with Gasteiger partial charge in [-0.25, -0.2) is 9.37 Å². The molecule has 0 amide bonds. The molecule has 0 unspecified atom stereocenters. The molecule has 2 aromatic rings. The molecule has 0 fully saturated rings. The number of aromatic nitrogens is 1. The second-order valence-corrected chi connectivity index (χ2v) is 5.16. The van der Waals surface area contributed by atoms with Crippen molar-refractivity contribution in [2.24, 2.45) is 0 Å². The smallest absolute Gasteiger partial charge is 0.227 e. The number of benzene rings is 1. The highest BCUT2D eigenvalue weighted by Crippen LogP contribution is 2.28. The molecule has 0 atom stereocenters. The first-order valence-corrected chi connectivity index (χ1v) is 6.49. The number of nitrogens with one attached hydrogen (secondary N) is 1. The first kappa shape index (κ1) is 13.2. The summed E-state index contributed by atoms with van der Waals surface area (Å²) in [5, 5.41) is 3.24. The number of rotatable bonds is 4. The van der Waals surface area contributed by atoms with Crippen LogP contribution in [0.3, 0.4) is 0 Å². The fraction of sp³-hybridized carbons (Fsp3) is 0.308.